The van der Waals surface area contributed by atoms with Gasteiger partial charge in [-0.15, -0.1) is 0 Å². The van der Waals surface area contributed by atoms with Crippen molar-refractivity contribution in [3.63, 3.8) is 0 Å². The van der Waals surface area contributed by atoms with Gasteiger partial charge in [-0.05, 0) is 32.0 Å². The summed E-state index contributed by atoms with van der Waals surface area (Å²) in [5.41, 5.74) is 1.67. The van der Waals surface area contributed by atoms with E-state index < -0.39 is 5.97 Å². The molecule has 0 saturated carbocycles. The van der Waals surface area contributed by atoms with Crippen LogP contribution in [0.25, 0.3) is 0 Å². The average molecular weight is 274 g/mol. The second-order valence-corrected chi connectivity index (χ2v) is 4.34. The molecule has 0 radical (unpaired) electrons. The van der Waals surface area contributed by atoms with Gasteiger partial charge in [0.1, 0.15) is 6.54 Å². The third-order valence-electron chi connectivity index (χ3n) is 2.68. The Balaban J connectivity index is 2.13. The van der Waals surface area contributed by atoms with Crippen LogP contribution in [0.2, 0.25) is 0 Å². The Labute approximate surface area is 115 Å². The number of rotatable bonds is 4. The maximum absolute atomic E-state index is 11.9. The minimum absolute atomic E-state index is 0.0215. The molecule has 2 rings (SSSR count). The number of nitrogens with one attached hydrogen (secondary N) is 1. The average Bonchev–Trinajstić information content (AvgIpc) is 2.68. The van der Waals surface area contributed by atoms with Crippen LogP contribution in [0.1, 0.15) is 21.9 Å². The van der Waals surface area contributed by atoms with Crippen LogP contribution >= 0.6 is 0 Å². The predicted octanol–water partition coefficient (Wildman–Crippen LogP) is 1.23. The molecular weight excluding hydrogens is 260 g/mol. The van der Waals surface area contributed by atoms with Crippen molar-refractivity contribution in [1.29, 1.82) is 0 Å². The zero-order valence-corrected chi connectivity index (χ0v) is 11.1. The quantitative estimate of drug-likeness (QED) is 0.874. The van der Waals surface area contributed by atoms with Crippen LogP contribution in [0.5, 0.6) is 0 Å². The number of hydrogen-bond donors (Lipinski definition) is 2. The molecule has 2 aromatic rings. The van der Waals surface area contributed by atoms with E-state index in [1.165, 1.54) is 12.3 Å². The summed E-state index contributed by atoms with van der Waals surface area (Å²) in [5, 5.41) is 15.7. The Bertz CT molecular complexity index is 663. The standard InChI is InChI=1S/C13H14N4O3/c1-8-6-9(2)17(16-8)7-11(18)15-10-4-3-5-14-12(10)13(19)20/h3-6H,7H2,1-2H3,(H,15,18)(H,19,20). The minimum atomic E-state index is -1.19. The van der Waals surface area contributed by atoms with Crippen LogP contribution in [0.4, 0.5) is 5.69 Å². The van der Waals surface area contributed by atoms with E-state index in [-0.39, 0.29) is 23.8 Å². The summed E-state index contributed by atoms with van der Waals surface area (Å²) in [6.07, 6.45) is 1.36. The Morgan fingerprint density at radius 2 is 2.15 bits per heavy atom. The molecule has 0 atom stereocenters. The van der Waals surface area contributed by atoms with E-state index in [9.17, 15) is 9.59 Å². The SMILES string of the molecule is Cc1cc(C)n(CC(=O)Nc2cccnc2C(=O)O)n1. The second kappa shape index (κ2) is 5.52. The summed E-state index contributed by atoms with van der Waals surface area (Å²) in [5.74, 6) is -1.54. The summed E-state index contributed by atoms with van der Waals surface area (Å²) >= 11 is 0. The number of hydrogen-bond acceptors (Lipinski definition) is 4. The van der Waals surface area contributed by atoms with Gasteiger partial charge in [0.2, 0.25) is 5.91 Å². The van der Waals surface area contributed by atoms with Gasteiger partial charge in [-0.3, -0.25) is 9.48 Å². The first kappa shape index (κ1) is 13.7. The molecule has 2 aromatic heterocycles. The maximum atomic E-state index is 11.9. The van der Waals surface area contributed by atoms with Crippen LogP contribution in [0, 0.1) is 13.8 Å². The number of aromatic nitrogens is 3. The first-order chi connectivity index (χ1) is 9.47. The molecule has 2 N–H and O–H groups in total. The fourth-order valence-corrected chi connectivity index (χ4v) is 1.84. The normalized spacial score (nSPS) is 10.3. The molecule has 0 aliphatic rings. The van der Waals surface area contributed by atoms with Crippen molar-refractivity contribution in [2.45, 2.75) is 20.4 Å². The van der Waals surface area contributed by atoms with Gasteiger partial charge in [-0.1, -0.05) is 0 Å². The number of carbonyl (C=O) groups excluding carboxylic acids is 1. The Morgan fingerprint density at radius 3 is 2.75 bits per heavy atom. The number of carbonyl (C=O) groups is 2. The van der Waals surface area contributed by atoms with Crippen molar-refractivity contribution in [3.05, 3.63) is 41.5 Å². The van der Waals surface area contributed by atoms with Crippen LogP contribution < -0.4 is 5.32 Å². The molecule has 0 fully saturated rings. The van der Waals surface area contributed by atoms with Crippen molar-refractivity contribution in [2.24, 2.45) is 0 Å². The molecule has 0 aliphatic heterocycles. The smallest absolute Gasteiger partial charge is 0.356 e. The largest absolute Gasteiger partial charge is 0.476 e. The molecule has 0 spiro atoms. The summed E-state index contributed by atoms with van der Waals surface area (Å²) in [7, 11) is 0. The molecule has 20 heavy (non-hydrogen) atoms. The molecule has 0 aliphatic carbocycles. The highest BCUT2D eigenvalue weighted by Crippen LogP contribution is 2.12. The van der Waals surface area contributed by atoms with Gasteiger partial charge in [-0.2, -0.15) is 5.10 Å². The molecule has 1 amide bonds. The second-order valence-electron chi connectivity index (χ2n) is 4.34. The van der Waals surface area contributed by atoms with Gasteiger partial charge in [0.15, 0.2) is 5.69 Å². The summed E-state index contributed by atoms with van der Waals surface area (Å²) in [4.78, 5) is 26.6. The number of carboxylic acids is 1. The van der Waals surface area contributed by atoms with Gasteiger partial charge < -0.3 is 10.4 Å². The highest BCUT2D eigenvalue weighted by molar-refractivity contribution is 5.98. The van der Waals surface area contributed by atoms with Gasteiger partial charge in [0, 0.05) is 11.9 Å². The van der Waals surface area contributed by atoms with Crippen molar-refractivity contribution in [3.8, 4) is 0 Å². The zero-order chi connectivity index (χ0) is 14.7. The van der Waals surface area contributed by atoms with Gasteiger partial charge in [0.25, 0.3) is 0 Å². The van der Waals surface area contributed by atoms with Crippen molar-refractivity contribution < 1.29 is 14.7 Å². The fraction of sp³-hybridized carbons (Fsp3) is 0.231. The molecule has 0 bridgehead atoms. The highest BCUT2D eigenvalue weighted by atomic mass is 16.4. The fourth-order valence-electron chi connectivity index (χ4n) is 1.84. The van der Waals surface area contributed by atoms with E-state index in [2.05, 4.69) is 15.4 Å². The van der Waals surface area contributed by atoms with E-state index in [4.69, 9.17) is 5.11 Å². The molecular formula is C13H14N4O3. The minimum Gasteiger partial charge on any atom is -0.476 e. The van der Waals surface area contributed by atoms with E-state index in [0.717, 1.165) is 11.4 Å². The lowest BCUT2D eigenvalue weighted by atomic mass is 10.3. The van der Waals surface area contributed by atoms with E-state index in [0.29, 0.717) is 0 Å². The van der Waals surface area contributed by atoms with E-state index >= 15 is 0 Å². The van der Waals surface area contributed by atoms with Crippen molar-refractivity contribution >= 4 is 17.6 Å². The first-order valence-corrected chi connectivity index (χ1v) is 5.96. The van der Waals surface area contributed by atoms with E-state index in [1.54, 1.807) is 10.7 Å². The third kappa shape index (κ3) is 3.00. The molecule has 0 saturated heterocycles. The third-order valence-corrected chi connectivity index (χ3v) is 2.68. The maximum Gasteiger partial charge on any atom is 0.356 e. The van der Waals surface area contributed by atoms with Gasteiger partial charge >= 0.3 is 5.97 Å². The molecule has 7 heteroatoms. The number of aryl methyl sites for hydroxylation is 2. The number of aromatic carboxylic acids is 1. The number of nitrogens with zero attached hydrogens (tertiary/aromatic N) is 3. The molecule has 104 valence electrons. The van der Waals surface area contributed by atoms with Gasteiger partial charge in [0.05, 0.1) is 11.4 Å². The van der Waals surface area contributed by atoms with Gasteiger partial charge in [-0.25, -0.2) is 9.78 Å². The zero-order valence-electron chi connectivity index (χ0n) is 11.1. The summed E-state index contributed by atoms with van der Waals surface area (Å²) < 4.78 is 1.56. The van der Waals surface area contributed by atoms with Crippen LogP contribution in [-0.2, 0) is 11.3 Å². The topological polar surface area (TPSA) is 97.1 Å². The molecule has 0 unspecified atom stereocenters. The Kier molecular flexibility index (Phi) is 3.79. The number of anilines is 1. The van der Waals surface area contributed by atoms with Crippen LogP contribution in [0.15, 0.2) is 24.4 Å². The number of carboxylic acid groups (broad SMARTS) is 1. The molecule has 0 aromatic carbocycles. The Morgan fingerprint density at radius 1 is 1.40 bits per heavy atom. The van der Waals surface area contributed by atoms with Crippen molar-refractivity contribution in [1.82, 2.24) is 14.8 Å². The number of amides is 1. The van der Waals surface area contributed by atoms with E-state index in [1.807, 2.05) is 19.9 Å². The highest BCUT2D eigenvalue weighted by Gasteiger charge is 2.14. The van der Waals surface area contributed by atoms with Crippen molar-refractivity contribution in [2.75, 3.05) is 5.32 Å². The summed E-state index contributed by atoms with van der Waals surface area (Å²) in [6, 6.07) is 4.92. The first-order valence-electron chi connectivity index (χ1n) is 5.96. The monoisotopic (exact) mass is 274 g/mol. The number of pyridine rings is 1. The lowest BCUT2D eigenvalue weighted by Crippen LogP contribution is -2.22. The predicted molar refractivity (Wildman–Crippen MR) is 71.5 cm³/mol. The lowest BCUT2D eigenvalue weighted by Gasteiger charge is -2.08. The lowest BCUT2D eigenvalue weighted by molar-refractivity contribution is -0.116. The Hall–Kier alpha value is -2.70. The molecule has 2 heterocycles. The summed E-state index contributed by atoms with van der Waals surface area (Å²) in [6.45, 7) is 3.71. The molecule has 7 nitrogen and oxygen atoms in total. The van der Waals surface area contributed by atoms with Crippen LogP contribution in [0.3, 0.4) is 0 Å². The van der Waals surface area contributed by atoms with Crippen LogP contribution in [-0.4, -0.2) is 31.7 Å².